The van der Waals surface area contributed by atoms with Crippen molar-refractivity contribution in [2.24, 2.45) is 0 Å². The van der Waals surface area contributed by atoms with Crippen molar-refractivity contribution < 1.29 is 18.7 Å². The van der Waals surface area contributed by atoms with Crippen LogP contribution in [-0.2, 0) is 9.53 Å². The van der Waals surface area contributed by atoms with Gasteiger partial charge in [-0.05, 0) is 51.8 Å². The minimum absolute atomic E-state index is 0.0531. The number of amides is 2. The molecule has 0 atom stereocenters. The van der Waals surface area contributed by atoms with Gasteiger partial charge < -0.3 is 15.4 Å². The Kier molecular flexibility index (Phi) is 6.36. The number of nitrogens with one attached hydrogen (secondary N) is 2. The van der Waals surface area contributed by atoms with Gasteiger partial charge >= 0.3 is 6.09 Å². The molecule has 1 heterocycles. The van der Waals surface area contributed by atoms with Gasteiger partial charge in [-0.3, -0.25) is 9.69 Å². The molecule has 1 aromatic rings. The average molecular weight is 351 g/mol. The number of hydrogen-bond acceptors (Lipinski definition) is 4. The first-order chi connectivity index (χ1) is 11.7. The van der Waals surface area contributed by atoms with Crippen molar-refractivity contribution in [2.75, 3.05) is 25.0 Å². The monoisotopic (exact) mass is 351 g/mol. The van der Waals surface area contributed by atoms with Crippen LogP contribution in [0.15, 0.2) is 24.3 Å². The smallest absolute Gasteiger partial charge is 0.407 e. The minimum Gasteiger partial charge on any atom is -0.444 e. The normalized spacial score (nSPS) is 16.3. The van der Waals surface area contributed by atoms with E-state index in [-0.39, 0.29) is 24.3 Å². The lowest BCUT2D eigenvalue weighted by Crippen LogP contribution is -2.47. The summed E-state index contributed by atoms with van der Waals surface area (Å²) in [5.41, 5.74) is -0.0637. The van der Waals surface area contributed by atoms with E-state index in [1.165, 1.54) is 12.1 Å². The molecule has 2 N–H and O–H groups in total. The Labute approximate surface area is 147 Å². The Balaban J connectivity index is 1.71. The van der Waals surface area contributed by atoms with Crippen LogP contribution < -0.4 is 10.6 Å². The van der Waals surface area contributed by atoms with Crippen molar-refractivity contribution in [3.05, 3.63) is 30.1 Å². The van der Waals surface area contributed by atoms with Gasteiger partial charge in [0.25, 0.3) is 0 Å². The highest BCUT2D eigenvalue weighted by Gasteiger charge is 2.24. The van der Waals surface area contributed by atoms with Crippen molar-refractivity contribution in [3.63, 3.8) is 0 Å². The van der Waals surface area contributed by atoms with Gasteiger partial charge in [-0.1, -0.05) is 6.07 Å². The van der Waals surface area contributed by atoms with Gasteiger partial charge in [-0.2, -0.15) is 0 Å². The Morgan fingerprint density at radius 3 is 2.56 bits per heavy atom. The van der Waals surface area contributed by atoms with E-state index >= 15 is 0 Å². The molecule has 0 saturated carbocycles. The van der Waals surface area contributed by atoms with E-state index in [1.807, 2.05) is 25.7 Å². The number of alkyl carbamates (subject to hydrolysis) is 1. The zero-order valence-electron chi connectivity index (χ0n) is 15.0. The molecule has 0 aliphatic carbocycles. The van der Waals surface area contributed by atoms with Crippen molar-refractivity contribution >= 4 is 17.7 Å². The first-order valence-electron chi connectivity index (χ1n) is 8.48. The van der Waals surface area contributed by atoms with E-state index in [4.69, 9.17) is 4.74 Å². The summed E-state index contributed by atoms with van der Waals surface area (Å²) >= 11 is 0. The lowest BCUT2D eigenvalue weighted by atomic mass is 10.1. The number of rotatable bonds is 4. The van der Waals surface area contributed by atoms with E-state index in [0.29, 0.717) is 18.8 Å². The van der Waals surface area contributed by atoms with Crippen LogP contribution in [0.25, 0.3) is 0 Å². The van der Waals surface area contributed by atoms with E-state index in [0.717, 1.165) is 12.8 Å². The Morgan fingerprint density at radius 1 is 1.28 bits per heavy atom. The molecule has 1 aliphatic rings. The third-order valence-corrected chi connectivity index (χ3v) is 3.78. The number of halogens is 1. The van der Waals surface area contributed by atoms with Gasteiger partial charge in [-0.25, -0.2) is 9.18 Å². The van der Waals surface area contributed by atoms with Gasteiger partial charge in [-0.15, -0.1) is 0 Å². The van der Waals surface area contributed by atoms with Crippen molar-refractivity contribution in [1.82, 2.24) is 10.2 Å². The molecule has 2 amide bonds. The summed E-state index contributed by atoms with van der Waals surface area (Å²) in [5.74, 6) is -0.559. The summed E-state index contributed by atoms with van der Waals surface area (Å²) in [6.45, 7) is 7.13. The zero-order valence-corrected chi connectivity index (χ0v) is 15.0. The Hall–Kier alpha value is -2.15. The second kappa shape index (κ2) is 8.29. The summed E-state index contributed by atoms with van der Waals surface area (Å²) < 4.78 is 18.4. The van der Waals surface area contributed by atoms with Crippen LogP contribution in [0.5, 0.6) is 0 Å². The number of piperidine rings is 1. The largest absolute Gasteiger partial charge is 0.444 e. The fraction of sp³-hybridized carbons (Fsp3) is 0.556. The van der Waals surface area contributed by atoms with Crippen LogP contribution >= 0.6 is 0 Å². The maximum atomic E-state index is 13.1. The standard InChI is InChI=1S/C18H26FN3O3/c1-18(2,3)25-17(24)21-14-7-9-22(10-8-14)12-16(23)20-15-6-4-5-13(19)11-15/h4-6,11,14H,7-10,12H2,1-3H3,(H,20,23)(H,21,24). The highest BCUT2D eigenvalue weighted by atomic mass is 19.1. The number of likely N-dealkylation sites (tertiary alicyclic amines) is 1. The van der Waals surface area contributed by atoms with E-state index < -0.39 is 11.7 Å². The number of ether oxygens (including phenoxy) is 1. The van der Waals surface area contributed by atoms with Gasteiger partial charge in [0.2, 0.25) is 5.91 Å². The molecule has 0 unspecified atom stereocenters. The van der Waals surface area contributed by atoms with Crippen LogP contribution in [0.2, 0.25) is 0 Å². The van der Waals surface area contributed by atoms with Crippen LogP contribution in [-0.4, -0.2) is 48.2 Å². The minimum atomic E-state index is -0.514. The number of carbonyl (C=O) groups excluding carboxylic acids is 2. The van der Waals surface area contributed by atoms with E-state index in [9.17, 15) is 14.0 Å². The predicted octanol–water partition coefficient (Wildman–Crippen LogP) is 2.75. The fourth-order valence-electron chi connectivity index (χ4n) is 2.68. The van der Waals surface area contributed by atoms with Crippen LogP contribution in [0.1, 0.15) is 33.6 Å². The second-order valence-electron chi connectivity index (χ2n) is 7.26. The molecule has 1 aromatic carbocycles. The molecular weight excluding hydrogens is 325 g/mol. The molecule has 0 aromatic heterocycles. The van der Waals surface area contributed by atoms with Gasteiger partial charge in [0.05, 0.1) is 6.54 Å². The SMILES string of the molecule is CC(C)(C)OC(=O)NC1CCN(CC(=O)Nc2cccc(F)c2)CC1. The Morgan fingerprint density at radius 2 is 1.96 bits per heavy atom. The van der Waals surface area contributed by atoms with Gasteiger partial charge in [0, 0.05) is 24.8 Å². The molecule has 1 aliphatic heterocycles. The summed E-state index contributed by atoms with van der Waals surface area (Å²) in [6.07, 6.45) is 1.11. The number of nitrogens with zero attached hydrogens (tertiary/aromatic N) is 1. The molecule has 6 nitrogen and oxygen atoms in total. The lowest BCUT2D eigenvalue weighted by molar-refractivity contribution is -0.117. The maximum Gasteiger partial charge on any atom is 0.407 e. The average Bonchev–Trinajstić information content (AvgIpc) is 2.47. The summed E-state index contributed by atoms with van der Waals surface area (Å²) in [6, 6.07) is 5.88. The number of carbonyl (C=O) groups is 2. The van der Waals surface area contributed by atoms with Crippen LogP contribution in [0.4, 0.5) is 14.9 Å². The summed E-state index contributed by atoms with van der Waals surface area (Å²) in [4.78, 5) is 25.8. The summed E-state index contributed by atoms with van der Waals surface area (Å²) in [7, 11) is 0. The van der Waals surface area contributed by atoms with Crippen LogP contribution in [0, 0.1) is 5.82 Å². The maximum absolute atomic E-state index is 13.1. The fourth-order valence-corrected chi connectivity index (χ4v) is 2.68. The van der Waals surface area contributed by atoms with Crippen molar-refractivity contribution in [1.29, 1.82) is 0 Å². The third-order valence-electron chi connectivity index (χ3n) is 3.78. The van der Waals surface area contributed by atoms with Gasteiger partial charge in [0.15, 0.2) is 0 Å². The first-order valence-corrected chi connectivity index (χ1v) is 8.48. The zero-order chi connectivity index (χ0) is 18.4. The van der Waals surface area contributed by atoms with Crippen molar-refractivity contribution in [2.45, 2.75) is 45.3 Å². The van der Waals surface area contributed by atoms with E-state index in [2.05, 4.69) is 10.6 Å². The number of benzene rings is 1. The highest BCUT2D eigenvalue weighted by molar-refractivity contribution is 5.92. The summed E-state index contributed by atoms with van der Waals surface area (Å²) in [5, 5.41) is 5.55. The van der Waals surface area contributed by atoms with Crippen molar-refractivity contribution in [3.8, 4) is 0 Å². The molecular formula is C18H26FN3O3. The van der Waals surface area contributed by atoms with E-state index in [1.54, 1.807) is 12.1 Å². The number of hydrogen-bond donors (Lipinski definition) is 2. The Bertz CT molecular complexity index is 608. The van der Waals surface area contributed by atoms with Gasteiger partial charge in [0.1, 0.15) is 11.4 Å². The molecule has 25 heavy (non-hydrogen) atoms. The second-order valence-corrected chi connectivity index (χ2v) is 7.26. The molecule has 1 saturated heterocycles. The first kappa shape index (κ1) is 19.2. The third kappa shape index (κ3) is 7.09. The topological polar surface area (TPSA) is 70.7 Å². The molecule has 7 heteroatoms. The lowest BCUT2D eigenvalue weighted by Gasteiger charge is -2.32. The van der Waals surface area contributed by atoms with Crippen LogP contribution in [0.3, 0.4) is 0 Å². The number of anilines is 1. The molecule has 0 radical (unpaired) electrons. The predicted molar refractivity (Wildman–Crippen MR) is 93.9 cm³/mol. The molecule has 2 rings (SSSR count). The molecule has 0 spiro atoms. The molecule has 138 valence electrons. The highest BCUT2D eigenvalue weighted by Crippen LogP contribution is 2.13. The molecule has 0 bridgehead atoms. The molecule has 1 fully saturated rings. The quantitative estimate of drug-likeness (QED) is 0.875.